The molecule has 0 aliphatic rings. The van der Waals surface area contributed by atoms with Gasteiger partial charge in [-0.2, -0.15) is 0 Å². The number of benzene rings is 6. The van der Waals surface area contributed by atoms with E-state index in [1.54, 1.807) is 7.14 Å². The molecule has 0 aliphatic carbocycles. The van der Waals surface area contributed by atoms with Crippen LogP contribution in [0, 0.1) is 123 Å². The van der Waals surface area contributed by atoms with E-state index in [4.69, 9.17) is 0 Å². The Morgan fingerprint density at radius 1 is 0.257 bits per heavy atom. The Balaban J connectivity index is 0.000000302. The largest absolute Gasteiger partial charge is 0.357 e. The van der Waals surface area contributed by atoms with E-state index in [0.717, 1.165) is 0 Å². The van der Waals surface area contributed by atoms with Crippen molar-refractivity contribution in [1.29, 1.82) is 0 Å². The third kappa shape index (κ3) is 12.0. The molecule has 22 heteroatoms. The van der Waals surface area contributed by atoms with Crippen molar-refractivity contribution in [2.24, 2.45) is 0 Å². The van der Waals surface area contributed by atoms with Gasteiger partial charge < -0.3 is 0 Å². The lowest BCUT2D eigenvalue weighted by Gasteiger charge is -2.44. The maximum atomic E-state index is 15.4. The minimum absolute atomic E-state index is 0.0450. The highest BCUT2D eigenvalue weighted by Crippen LogP contribution is 2.31. The van der Waals surface area contributed by atoms with Gasteiger partial charge >= 0.3 is 21.2 Å². The van der Waals surface area contributed by atoms with Crippen LogP contribution in [0.3, 0.4) is 0 Å². The van der Waals surface area contributed by atoms with Crippen LogP contribution in [0.4, 0.5) is 87.8 Å². The van der Waals surface area contributed by atoms with Gasteiger partial charge in [-0.05, 0) is 61.1 Å². The zero-order chi connectivity index (χ0) is 54.9. The SMILES string of the molecule is CCCCCCCCc1ccc([I+]c2ccc(CCCCCCCC)cc2)cc1.Fc1c(F)c(F)c([B-](c2c(F)c(F)c(F)c(F)c2F)(c2c(F)c(F)c(F)c(F)c2F)c2c(F)c(F)c(F)c(F)c2F)c(F)c1F. The Morgan fingerprint density at radius 2 is 0.446 bits per heavy atom. The summed E-state index contributed by atoms with van der Waals surface area (Å²) in [5.74, 6) is -71.4. The average Bonchev–Trinajstić information content (AvgIpc) is 3.39. The molecular formula is C52H42BF20I. The van der Waals surface area contributed by atoms with Crippen molar-refractivity contribution in [2.75, 3.05) is 0 Å². The zero-order valence-corrected chi connectivity index (χ0v) is 41.2. The van der Waals surface area contributed by atoms with Crippen LogP contribution < -0.4 is 43.1 Å². The lowest BCUT2D eigenvalue weighted by atomic mass is 9.12. The van der Waals surface area contributed by atoms with Crippen LogP contribution in [0.5, 0.6) is 0 Å². The van der Waals surface area contributed by atoms with E-state index < -0.39 is 144 Å². The minimum Gasteiger partial charge on any atom is -0.207 e. The summed E-state index contributed by atoms with van der Waals surface area (Å²) in [4.78, 5) is 0. The van der Waals surface area contributed by atoms with Crippen molar-refractivity contribution >= 4 is 28.0 Å². The molecule has 0 spiro atoms. The number of hydrogen-bond acceptors (Lipinski definition) is 0. The van der Waals surface area contributed by atoms with Gasteiger partial charge in [0.2, 0.25) is 0 Å². The van der Waals surface area contributed by atoms with E-state index in [1.165, 1.54) is 101 Å². The summed E-state index contributed by atoms with van der Waals surface area (Å²) in [5, 5.41) is 0. The molecule has 0 nitrogen and oxygen atoms in total. The van der Waals surface area contributed by atoms with Crippen molar-refractivity contribution in [2.45, 2.75) is 104 Å². The number of halogens is 21. The van der Waals surface area contributed by atoms with Gasteiger partial charge in [-0.25, -0.2) is 87.8 Å². The summed E-state index contributed by atoms with van der Waals surface area (Å²) in [6.45, 7) is 4.57. The van der Waals surface area contributed by atoms with Gasteiger partial charge in [0.05, 0.1) is 0 Å². The molecule has 0 amide bonds. The number of aryl methyl sites for hydroxylation is 2. The highest BCUT2D eigenvalue weighted by atomic mass is 127. The normalized spacial score (nSPS) is 11.6. The van der Waals surface area contributed by atoms with Crippen LogP contribution in [0.15, 0.2) is 48.5 Å². The lowest BCUT2D eigenvalue weighted by Crippen LogP contribution is -3.61. The molecule has 0 aliphatic heterocycles. The molecule has 0 unspecified atom stereocenters. The van der Waals surface area contributed by atoms with E-state index in [0.29, 0.717) is 0 Å². The van der Waals surface area contributed by atoms with Gasteiger partial charge in [-0.3, -0.25) is 0 Å². The zero-order valence-electron chi connectivity index (χ0n) is 39.0. The van der Waals surface area contributed by atoms with Crippen molar-refractivity contribution in [1.82, 2.24) is 0 Å². The van der Waals surface area contributed by atoms with Crippen LogP contribution in [0.1, 0.15) is 102 Å². The maximum absolute atomic E-state index is 15.4. The fourth-order valence-electron chi connectivity index (χ4n) is 8.65. The van der Waals surface area contributed by atoms with E-state index in [9.17, 15) is 52.7 Å². The Hall–Kier alpha value is -5.29. The quantitative estimate of drug-likeness (QED) is 0.0178. The summed E-state index contributed by atoms with van der Waals surface area (Å²) in [6.07, 6.45) is 11.9. The van der Waals surface area contributed by atoms with E-state index in [-0.39, 0.29) is 21.2 Å². The summed E-state index contributed by atoms with van der Waals surface area (Å²) in [6, 6.07) is 19.0. The van der Waals surface area contributed by atoms with Crippen LogP contribution in [0.25, 0.3) is 0 Å². The molecule has 400 valence electrons. The Morgan fingerprint density at radius 3 is 0.662 bits per heavy atom. The Kier molecular flexibility index (Phi) is 20.9. The second-order valence-corrected chi connectivity index (χ2v) is 20.2. The van der Waals surface area contributed by atoms with Gasteiger partial charge in [0.25, 0.3) is 0 Å². The fourth-order valence-corrected chi connectivity index (χ4v) is 10.8. The molecule has 6 rings (SSSR count). The third-order valence-electron chi connectivity index (χ3n) is 12.4. The van der Waals surface area contributed by atoms with Crippen molar-refractivity contribution in [3.8, 4) is 0 Å². The van der Waals surface area contributed by atoms with Crippen molar-refractivity contribution < 1.29 is 109 Å². The molecule has 6 aromatic carbocycles. The van der Waals surface area contributed by atoms with Crippen LogP contribution in [0.2, 0.25) is 0 Å². The first kappa shape index (κ1) is 59.6. The van der Waals surface area contributed by atoms with Gasteiger partial charge in [0.15, 0.2) is 76.9 Å². The molecule has 0 saturated heterocycles. The molecule has 0 N–H and O–H groups in total. The molecular weight excluding hydrogens is 1140 g/mol. The molecule has 0 saturated carbocycles. The summed E-state index contributed by atoms with van der Waals surface area (Å²) < 4.78 is 297. The predicted molar refractivity (Wildman–Crippen MR) is 234 cm³/mol. The smallest absolute Gasteiger partial charge is 0.207 e. The second-order valence-electron chi connectivity index (χ2n) is 17.2. The molecule has 6 aromatic rings. The lowest BCUT2D eigenvalue weighted by molar-refractivity contribution is -0.597. The second kappa shape index (κ2) is 26.0. The predicted octanol–water partition coefficient (Wildman–Crippen LogP) is 11.5. The molecule has 0 atom stereocenters. The van der Waals surface area contributed by atoms with Gasteiger partial charge in [-0.1, -0.05) is 102 Å². The standard InChI is InChI=1S/C28H42I.C24BF20/c1-3-5-7-9-11-13-15-25-17-21-27(22-18-25)29-28-23-19-26(20-24-28)16-14-12-10-8-6-4-2;26-5-1(6(27)14(35)21(42)13(5)34)25(2-7(28)15(36)22(43)16(37)8(2)29,3-9(30)17(38)23(44)18(39)10(3)31)4-11(32)19(40)24(45)20(41)12(4)33/h17-24H,3-16H2,1-2H3;/q+1;-1. The Labute approximate surface area is 422 Å². The average molecular weight is 1180 g/mol. The molecule has 0 radical (unpaired) electrons. The van der Waals surface area contributed by atoms with Gasteiger partial charge in [0, 0.05) is 0 Å². The van der Waals surface area contributed by atoms with E-state index >= 15 is 35.1 Å². The molecule has 74 heavy (non-hydrogen) atoms. The molecule has 0 heterocycles. The third-order valence-corrected chi connectivity index (χ3v) is 15.1. The van der Waals surface area contributed by atoms with E-state index in [2.05, 4.69) is 62.4 Å². The van der Waals surface area contributed by atoms with Gasteiger partial charge in [-0.15, -0.1) is 21.9 Å². The van der Waals surface area contributed by atoms with E-state index in [1.807, 2.05) is 0 Å². The number of rotatable bonds is 20. The topological polar surface area (TPSA) is 0 Å². The maximum Gasteiger partial charge on any atom is 0.357 e. The number of hydrogen-bond donors (Lipinski definition) is 0. The van der Waals surface area contributed by atoms with Crippen molar-refractivity contribution in [3.05, 3.63) is 183 Å². The summed E-state index contributed by atoms with van der Waals surface area (Å²) in [7, 11) is 0. The molecule has 0 fully saturated rings. The first-order valence-electron chi connectivity index (χ1n) is 23.1. The fraction of sp³-hybridized carbons (Fsp3) is 0.308. The monoisotopic (exact) mass is 1180 g/mol. The van der Waals surface area contributed by atoms with Crippen LogP contribution in [-0.4, -0.2) is 6.15 Å². The van der Waals surface area contributed by atoms with Crippen LogP contribution >= 0.6 is 0 Å². The molecule has 0 bridgehead atoms. The molecule has 0 aromatic heterocycles. The minimum atomic E-state index is -7.22. The highest BCUT2D eigenvalue weighted by Gasteiger charge is 2.52. The summed E-state index contributed by atoms with van der Waals surface area (Å²) in [5.41, 5.74) is -11.3. The number of unbranched alkanes of at least 4 members (excludes halogenated alkanes) is 10. The highest BCUT2D eigenvalue weighted by molar-refractivity contribution is 7.20. The Bertz CT molecular complexity index is 2510. The summed E-state index contributed by atoms with van der Waals surface area (Å²) >= 11 is -0.0450. The van der Waals surface area contributed by atoms with Crippen molar-refractivity contribution in [3.63, 3.8) is 0 Å². The first-order chi connectivity index (χ1) is 35.0. The van der Waals surface area contributed by atoms with Crippen LogP contribution in [-0.2, 0) is 12.8 Å². The van der Waals surface area contributed by atoms with Gasteiger partial charge in [0.1, 0.15) is 52.7 Å². The first-order valence-corrected chi connectivity index (χ1v) is 25.2.